The Balaban J connectivity index is 1.66. The van der Waals surface area contributed by atoms with Crippen molar-refractivity contribution in [1.29, 1.82) is 0 Å². The minimum absolute atomic E-state index is 0.0739. The summed E-state index contributed by atoms with van der Waals surface area (Å²) in [6.45, 7) is 4.76. The van der Waals surface area contributed by atoms with Crippen molar-refractivity contribution in [3.05, 3.63) is 51.8 Å². The Morgan fingerprint density at radius 2 is 1.70 bits per heavy atom. The first kappa shape index (κ1) is 24.3. The molecule has 9 nitrogen and oxygen atoms in total. The third-order valence-electron chi connectivity index (χ3n) is 5.63. The van der Waals surface area contributed by atoms with Crippen molar-refractivity contribution < 1.29 is 23.9 Å². The van der Waals surface area contributed by atoms with Gasteiger partial charge < -0.3 is 24.8 Å². The number of benzene rings is 1. The lowest BCUT2D eigenvalue weighted by atomic mass is 10.1. The van der Waals surface area contributed by atoms with Crippen LogP contribution < -0.4 is 5.32 Å². The number of carbonyl (C=O) groups is 4. The van der Waals surface area contributed by atoms with Crippen LogP contribution in [-0.4, -0.2) is 71.8 Å². The maximum atomic E-state index is 13.0. The lowest BCUT2D eigenvalue weighted by Crippen LogP contribution is -2.39. The number of ether oxygens (including phenoxy) is 1. The Bertz CT molecular complexity index is 1060. The number of ketones is 1. The number of aromatic amines is 1. The van der Waals surface area contributed by atoms with E-state index in [0.29, 0.717) is 60.3 Å². The van der Waals surface area contributed by atoms with Crippen molar-refractivity contribution in [2.45, 2.75) is 26.7 Å². The van der Waals surface area contributed by atoms with Crippen LogP contribution >= 0.6 is 11.6 Å². The molecular formula is C23H27ClN4O5. The zero-order chi connectivity index (χ0) is 24.1. The Morgan fingerprint density at radius 1 is 1.06 bits per heavy atom. The van der Waals surface area contributed by atoms with Gasteiger partial charge in [-0.15, -0.1) is 0 Å². The highest BCUT2D eigenvalue weighted by atomic mass is 35.5. The zero-order valence-electron chi connectivity index (χ0n) is 18.9. The highest BCUT2D eigenvalue weighted by molar-refractivity contribution is 6.30. The molecular weight excluding hydrogens is 448 g/mol. The molecule has 176 valence electrons. The fourth-order valence-corrected chi connectivity index (χ4v) is 4.02. The van der Waals surface area contributed by atoms with Gasteiger partial charge in [0.25, 0.3) is 0 Å². The predicted octanol–water partition coefficient (Wildman–Crippen LogP) is 3.27. The second kappa shape index (κ2) is 10.5. The van der Waals surface area contributed by atoms with Crippen molar-refractivity contribution in [1.82, 2.24) is 14.8 Å². The number of nitrogens with one attached hydrogen (secondary N) is 2. The van der Waals surface area contributed by atoms with Gasteiger partial charge in [0, 0.05) is 49.5 Å². The third kappa shape index (κ3) is 5.73. The van der Waals surface area contributed by atoms with Gasteiger partial charge in [0.15, 0.2) is 5.78 Å². The summed E-state index contributed by atoms with van der Waals surface area (Å²) in [6, 6.07) is 6.59. The molecule has 2 heterocycles. The molecule has 2 N–H and O–H groups in total. The fraction of sp³-hybridized carbons (Fsp3) is 0.391. The van der Waals surface area contributed by atoms with E-state index in [-0.39, 0.29) is 29.7 Å². The van der Waals surface area contributed by atoms with Crippen LogP contribution in [0.3, 0.4) is 0 Å². The summed E-state index contributed by atoms with van der Waals surface area (Å²) in [5.41, 5.74) is 1.98. The highest BCUT2D eigenvalue weighted by Gasteiger charge is 2.27. The van der Waals surface area contributed by atoms with Gasteiger partial charge in [-0.1, -0.05) is 11.6 Å². The number of aromatic nitrogens is 1. The summed E-state index contributed by atoms with van der Waals surface area (Å²) in [7, 11) is 1.26. The molecule has 10 heteroatoms. The van der Waals surface area contributed by atoms with E-state index in [1.165, 1.54) is 14.0 Å². The lowest BCUT2D eigenvalue weighted by molar-refractivity contribution is -0.130. The van der Waals surface area contributed by atoms with Crippen molar-refractivity contribution in [3.63, 3.8) is 0 Å². The molecule has 3 rings (SSSR count). The minimum atomic E-state index is -0.597. The number of esters is 1. The number of hydrogen-bond acceptors (Lipinski definition) is 5. The van der Waals surface area contributed by atoms with Crippen LogP contribution in [0.4, 0.5) is 10.5 Å². The predicted molar refractivity (Wildman–Crippen MR) is 124 cm³/mol. The normalized spacial score (nSPS) is 13.9. The van der Waals surface area contributed by atoms with Crippen LogP contribution in [0.2, 0.25) is 5.02 Å². The van der Waals surface area contributed by atoms with Crippen LogP contribution in [0.5, 0.6) is 0 Å². The number of H-pyrrole nitrogens is 1. The molecule has 0 radical (unpaired) electrons. The molecule has 1 aliphatic rings. The molecule has 2 aromatic rings. The van der Waals surface area contributed by atoms with Crippen LogP contribution in [0.1, 0.15) is 45.4 Å². The topological polar surface area (TPSA) is 112 Å². The average molecular weight is 475 g/mol. The van der Waals surface area contributed by atoms with Gasteiger partial charge in [-0.2, -0.15) is 0 Å². The van der Waals surface area contributed by atoms with E-state index < -0.39 is 5.97 Å². The molecule has 0 saturated carbocycles. The van der Waals surface area contributed by atoms with Gasteiger partial charge in [0.05, 0.1) is 24.8 Å². The van der Waals surface area contributed by atoms with Crippen LogP contribution in [-0.2, 0) is 16.0 Å². The Labute approximate surface area is 197 Å². The second-order valence-electron chi connectivity index (χ2n) is 7.86. The highest BCUT2D eigenvalue weighted by Crippen LogP contribution is 2.22. The second-order valence-corrected chi connectivity index (χ2v) is 8.30. The number of rotatable bonds is 5. The third-order valence-corrected chi connectivity index (χ3v) is 5.88. The van der Waals surface area contributed by atoms with Gasteiger partial charge >= 0.3 is 12.0 Å². The summed E-state index contributed by atoms with van der Waals surface area (Å²) < 4.78 is 4.84. The van der Waals surface area contributed by atoms with Gasteiger partial charge in [-0.3, -0.25) is 9.59 Å². The Hall–Kier alpha value is -3.33. The van der Waals surface area contributed by atoms with Crippen LogP contribution in [0, 0.1) is 6.92 Å². The molecule has 1 saturated heterocycles. The average Bonchev–Trinajstić information content (AvgIpc) is 2.95. The largest absolute Gasteiger partial charge is 0.465 e. The van der Waals surface area contributed by atoms with Crippen molar-refractivity contribution in [2.24, 2.45) is 0 Å². The molecule has 3 amide bonds. The first-order chi connectivity index (χ1) is 15.7. The minimum Gasteiger partial charge on any atom is -0.465 e. The molecule has 1 fully saturated rings. The van der Waals surface area contributed by atoms with Crippen LogP contribution in [0.25, 0.3) is 0 Å². The monoisotopic (exact) mass is 474 g/mol. The SMILES string of the molecule is COC(=O)c1c(CC(=O)N2CCCN(C(=O)Nc3ccc(Cl)cc3)CC2)[nH]c(C(C)=O)c1C. The van der Waals surface area contributed by atoms with E-state index in [0.717, 1.165) is 0 Å². The first-order valence-corrected chi connectivity index (χ1v) is 11.0. The van der Waals surface area contributed by atoms with E-state index in [2.05, 4.69) is 10.3 Å². The maximum Gasteiger partial charge on any atom is 0.339 e. The quantitative estimate of drug-likeness (QED) is 0.510. The van der Waals surface area contributed by atoms with Crippen molar-refractivity contribution in [2.75, 3.05) is 38.6 Å². The van der Waals surface area contributed by atoms with Gasteiger partial charge in [-0.25, -0.2) is 9.59 Å². The number of anilines is 1. The fourth-order valence-electron chi connectivity index (χ4n) is 3.89. The van der Waals surface area contributed by atoms with Crippen molar-refractivity contribution >= 4 is 41.0 Å². The van der Waals surface area contributed by atoms with E-state index in [9.17, 15) is 19.2 Å². The number of halogens is 1. The molecule has 0 atom stereocenters. The number of carbonyl (C=O) groups excluding carboxylic acids is 4. The number of nitrogens with zero attached hydrogens (tertiary/aromatic N) is 2. The number of hydrogen-bond donors (Lipinski definition) is 2. The van der Waals surface area contributed by atoms with E-state index in [1.54, 1.807) is 41.0 Å². The summed E-state index contributed by atoms with van der Waals surface area (Å²) in [4.78, 5) is 56.0. The van der Waals surface area contributed by atoms with E-state index in [1.807, 2.05) is 0 Å². The van der Waals surface area contributed by atoms with Crippen LogP contribution in [0.15, 0.2) is 24.3 Å². The van der Waals surface area contributed by atoms with Gasteiger partial charge in [0.1, 0.15) is 0 Å². The number of urea groups is 1. The number of amides is 3. The molecule has 0 unspecified atom stereocenters. The van der Waals surface area contributed by atoms with Gasteiger partial charge in [0.2, 0.25) is 5.91 Å². The molecule has 33 heavy (non-hydrogen) atoms. The van der Waals surface area contributed by atoms with E-state index in [4.69, 9.17) is 16.3 Å². The number of methoxy groups -OCH3 is 1. The zero-order valence-corrected chi connectivity index (χ0v) is 19.6. The first-order valence-electron chi connectivity index (χ1n) is 10.6. The molecule has 0 spiro atoms. The molecule has 0 aliphatic carbocycles. The lowest BCUT2D eigenvalue weighted by Gasteiger charge is -2.22. The Morgan fingerprint density at radius 3 is 2.33 bits per heavy atom. The smallest absolute Gasteiger partial charge is 0.339 e. The number of Topliss-reactive ketones (excluding diaryl/α,β-unsaturated/α-hetero) is 1. The summed E-state index contributed by atoms with van der Waals surface area (Å²) in [5, 5.41) is 3.42. The summed E-state index contributed by atoms with van der Waals surface area (Å²) in [6.07, 6.45) is 0.543. The van der Waals surface area contributed by atoms with Crippen molar-refractivity contribution in [3.8, 4) is 0 Å². The molecule has 1 aliphatic heterocycles. The Kier molecular flexibility index (Phi) is 7.75. The van der Waals surface area contributed by atoms with E-state index >= 15 is 0 Å². The summed E-state index contributed by atoms with van der Waals surface area (Å²) >= 11 is 5.88. The standard InChI is InChI=1S/C23H27ClN4O5/c1-14-20(22(31)33-3)18(26-21(14)15(2)29)13-19(30)27-9-4-10-28(12-11-27)23(32)25-17-7-5-16(24)6-8-17/h5-8,26H,4,9-13H2,1-3H3,(H,25,32). The maximum absolute atomic E-state index is 13.0. The summed E-state index contributed by atoms with van der Waals surface area (Å²) in [5.74, 6) is -1.02. The molecule has 1 aromatic carbocycles. The molecule has 0 bridgehead atoms. The van der Waals surface area contributed by atoms with Gasteiger partial charge in [-0.05, 0) is 43.2 Å². The molecule has 1 aromatic heterocycles.